The summed E-state index contributed by atoms with van der Waals surface area (Å²) < 4.78 is 10.9. The minimum absolute atomic E-state index is 0.0212. The molecule has 12 heteroatoms. The average molecular weight is 875 g/mol. The highest BCUT2D eigenvalue weighted by atomic mass is 33.1. The molecule has 0 saturated carbocycles. The minimum atomic E-state index is 0.0212. The number of carbonyl (C=O) groups is 3. The second kappa shape index (κ2) is 46.5. The number of nitrogens with zero attached hydrogens (tertiary/aromatic N) is 2. The molecule has 0 aliphatic carbocycles. The van der Waals surface area contributed by atoms with Crippen molar-refractivity contribution < 1.29 is 29.0 Å². The summed E-state index contributed by atoms with van der Waals surface area (Å²) in [5.41, 5.74) is 0. The van der Waals surface area contributed by atoms with Gasteiger partial charge < -0.3 is 35.0 Å². The predicted molar refractivity (Wildman–Crippen MR) is 254 cm³/mol. The average Bonchev–Trinajstić information content (AvgIpc) is 3.23. The number of unbranched alkanes of at least 4 members (excludes halogenated alkanes) is 16. The lowest BCUT2D eigenvalue weighted by Gasteiger charge is -2.22. The van der Waals surface area contributed by atoms with E-state index in [1.165, 1.54) is 83.5 Å². The smallest absolute Gasteiger partial charge is 0.308 e. The lowest BCUT2D eigenvalue weighted by atomic mass is 9.94. The van der Waals surface area contributed by atoms with Crippen LogP contribution in [-0.4, -0.2) is 123 Å². The molecule has 0 bridgehead atoms. The van der Waals surface area contributed by atoms with Crippen LogP contribution in [0.4, 0.5) is 0 Å². The lowest BCUT2D eigenvalue weighted by molar-refractivity contribution is -0.149. The quantitative estimate of drug-likeness (QED) is 0.0310. The van der Waals surface area contributed by atoms with Crippen molar-refractivity contribution in [3.8, 4) is 0 Å². The number of ether oxygens (including phenoxy) is 2. The molecule has 0 heterocycles. The third kappa shape index (κ3) is 40.8. The Morgan fingerprint density at radius 1 is 0.525 bits per heavy atom. The van der Waals surface area contributed by atoms with Gasteiger partial charge in [-0.2, -0.15) is 0 Å². The molecule has 0 aromatic heterocycles. The molecule has 0 aliphatic rings. The molecule has 0 aromatic carbocycles. The number of esters is 1. The fourth-order valence-electron chi connectivity index (χ4n) is 7.16. The number of rotatable bonds is 47. The maximum atomic E-state index is 13.0. The summed E-state index contributed by atoms with van der Waals surface area (Å²) in [4.78, 5) is 42.8. The molecule has 0 spiro atoms. The minimum Gasteiger partial charge on any atom is -0.465 e. The highest BCUT2D eigenvalue weighted by molar-refractivity contribution is 8.76. The molecule has 0 rings (SSSR count). The molecule has 3 N–H and O–H groups in total. The summed E-state index contributed by atoms with van der Waals surface area (Å²) in [5, 5.41) is 15.4. The summed E-state index contributed by atoms with van der Waals surface area (Å²) in [7, 11) is 5.23. The van der Waals surface area contributed by atoms with Crippen LogP contribution in [0, 0.1) is 5.92 Å². The fourth-order valence-corrected chi connectivity index (χ4v) is 8.98. The molecule has 1 unspecified atom stereocenters. The molecular weight excluding hydrogens is 781 g/mol. The molecule has 0 fully saturated rings. The summed E-state index contributed by atoms with van der Waals surface area (Å²) in [6.07, 6.45) is 28.1. The van der Waals surface area contributed by atoms with Crippen molar-refractivity contribution >= 4 is 39.4 Å². The van der Waals surface area contributed by atoms with E-state index in [-0.39, 0.29) is 30.3 Å². The van der Waals surface area contributed by atoms with Crippen LogP contribution in [-0.2, 0) is 23.9 Å². The Balaban J connectivity index is 4.20. The van der Waals surface area contributed by atoms with Gasteiger partial charge in [0, 0.05) is 70.8 Å². The maximum absolute atomic E-state index is 13.0. The van der Waals surface area contributed by atoms with Gasteiger partial charge >= 0.3 is 5.97 Å². The van der Waals surface area contributed by atoms with Crippen molar-refractivity contribution in [1.82, 2.24) is 20.4 Å². The van der Waals surface area contributed by atoms with Crippen molar-refractivity contribution in [2.24, 2.45) is 5.92 Å². The van der Waals surface area contributed by atoms with Gasteiger partial charge in [0.1, 0.15) is 0 Å². The Bertz CT molecular complexity index is 937. The number of carbonyl (C=O) groups excluding carboxylic acids is 3. The van der Waals surface area contributed by atoms with Crippen LogP contribution in [0.25, 0.3) is 0 Å². The molecule has 59 heavy (non-hydrogen) atoms. The first-order chi connectivity index (χ1) is 28.9. The van der Waals surface area contributed by atoms with Crippen LogP contribution >= 0.6 is 21.6 Å². The zero-order valence-electron chi connectivity index (χ0n) is 38.9. The van der Waals surface area contributed by atoms with Gasteiger partial charge in [-0.3, -0.25) is 14.4 Å². The maximum Gasteiger partial charge on any atom is 0.308 e. The van der Waals surface area contributed by atoms with Crippen LogP contribution in [0.5, 0.6) is 0 Å². The van der Waals surface area contributed by atoms with Gasteiger partial charge in [-0.15, -0.1) is 0 Å². The van der Waals surface area contributed by atoms with Gasteiger partial charge in [-0.1, -0.05) is 139 Å². The Morgan fingerprint density at radius 2 is 0.949 bits per heavy atom. The van der Waals surface area contributed by atoms with Crippen molar-refractivity contribution in [3.05, 3.63) is 0 Å². The van der Waals surface area contributed by atoms with E-state index >= 15 is 0 Å². The van der Waals surface area contributed by atoms with Crippen molar-refractivity contribution in [1.29, 1.82) is 0 Å². The van der Waals surface area contributed by atoms with Gasteiger partial charge in [-0.25, -0.2) is 0 Å². The summed E-state index contributed by atoms with van der Waals surface area (Å²) in [5.74, 6) is 1.96. The highest BCUT2D eigenvalue weighted by Gasteiger charge is 2.19. The molecule has 1 atom stereocenters. The SMILES string of the molecule is CCCCCCCCC(CCCCCC)C(=O)OCCCCCCN(CCCCO)CCC(=O)NCCSSCCNC(=O)CCN(CCCC)CCCCCCOC. The second-order valence-corrected chi connectivity index (χ2v) is 19.1. The monoisotopic (exact) mass is 875 g/mol. The van der Waals surface area contributed by atoms with Crippen molar-refractivity contribution in [2.75, 3.05) is 90.8 Å². The number of hydrogen-bond donors (Lipinski definition) is 3. The highest BCUT2D eigenvalue weighted by Crippen LogP contribution is 2.21. The van der Waals surface area contributed by atoms with Crippen LogP contribution < -0.4 is 10.6 Å². The van der Waals surface area contributed by atoms with E-state index < -0.39 is 0 Å². The number of amides is 2. The number of hydrogen-bond acceptors (Lipinski definition) is 10. The van der Waals surface area contributed by atoms with E-state index in [1.54, 1.807) is 28.7 Å². The largest absolute Gasteiger partial charge is 0.465 e. The molecule has 0 aliphatic heterocycles. The first-order valence-corrected chi connectivity index (χ1v) is 26.9. The molecule has 2 amide bonds. The fraction of sp³-hybridized carbons (Fsp3) is 0.936. The lowest BCUT2D eigenvalue weighted by Crippen LogP contribution is -2.33. The number of methoxy groups -OCH3 is 1. The van der Waals surface area contributed by atoms with Gasteiger partial charge in [0.05, 0.1) is 12.5 Å². The number of aliphatic hydroxyl groups excluding tert-OH is 1. The second-order valence-electron chi connectivity index (χ2n) is 16.4. The van der Waals surface area contributed by atoms with Gasteiger partial charge in [0.25, 0.3) is 0 Å². The van der Waals surface area contributed by atoms with Crippen LogP contribution in [0.1, 0.15) is 188 Å². The van der Waals surface area contributed by atoms with E-state index in [2.05, 4.69) is 41.2 Å². The van der Waals surface area contributed by atoms with E-state index in [4.69, 9.17) is 9.47 Å². The zero-order chi connectivity index (χ0) is 43.3. The molecule has 0 saturated heterocycles. The number of nitrogens with one attached hydrogen (secondary N) is 2. The van der Waals surface area contributed by atoms with E-state index in [9.17, 15) is 19.5 Å². The van der Waals surface area contributed by atoms with E-state index in [0.717, 1.165) is 128 Å². The Morgan fingerprint density at radius 3 is 1.46 bits per heavy atom. The van der Waals surface area contributed by atoms with Crippen molar-refractivity contribution in [3.63, 3.8) is 0 Å². The van der Waals surface area contributed by atoms with E-state index in [0.29, 0.717) is 32.5 Å². The van der Waals surface area contributed by atoms with Gasteiger partial charge in [0.2, 0.25) is 11.8 Å². The molecule has 0 aromatic rings. The number of aliphatic hydroxyl groups is 1. The normalized spacial score (nSPS) is 12.1. The Hall–Kier alpha value is -1.05. The summed E-state index contributed by atoms with van der Waals surface area (Å²) in [6, 6.07) is 0. The Labute approximate surface area is 371 Å². The van der Waals surface area contributed by atoms with Crippen LogP contribution in [0.2, 0.25) is 0 Å². The van der Waals surface area contributed by atoms with Gasteiger partial charge in [0.15, 0.2) is 0 Å². The van der Waals surface area contributed by atoms with Crippen LogP contribution in [0.3, 0.4) is 0 Å². The Kier molecular flexibility index (Phi) is 45.6. The molecule has 350 valence electrons. The first-order valence-electron chi connectivity index (χ1n) is 24.4. The zero-order valence-corrected chi connectivity index (χ0v) is 40.5. The van der Waals surface area contributed by atoms with Crippen molar-refractivity contribution in [2.45, 2.75) is 188 Å². The van der Waals surface area contributed by atoms with Gasteiger partial charge in [-0.05, 0) is 84.0 Å². The predicted octanol–water partition coefficient (Wildman–Crippen LogP) is 10.2. The molecule has 10 nitrogen and oxygen atoms in total. The standard InChI is InChI=1S/C47H94N4O6S2/c1-5-8-11-13-14-20-28-44(27-19-12-9-6-2)47(55)57-41-26-18-16-22-35-51(36-23-24-39-52)38-30-46(54)49-32-43-59-58-42-31-48-45(53)29-37-50(33-10-7-3)34-21-15-17-25-40-56-4/h44,52H,5-43H2,1-4H3,(H,48,53)(H,49,54). The summed E-state index contributed by atoms with van der Waals surface area (Å²) in [6.45, 7) is 15.0. The first kappa shape index (κ1) is 58.0. The summed E-state index contributed by atoms with van der Waals surface area (Å²) >= 11 is 0. The van der Waals surface area contributed by atoms with E-state index in [1.807, 2.05) is 0 Å². The molecule has 0 radical (unpaired) electrons. The molecular formula is C47H94N4O6S2. The third-order valence-electron chi connectivity index (χ3n) is 11.0. The van der Waals surface area contributed by atoms with Crippen LogP contribution in [0.15, 0.2) is 0 Å². The topological polar surface area (TPSA) is 120 Å². The third-order valence-corrected chi connectivity index (χ3v) is 13.4.